The van der Waals surface area contributed by atoms with Gasteiger partial charge < -0.3 is 4.52 Å². The van der Waals surface area contributed by atoms with Crippen molar-refractivity contribution in [3.8, 4) is 0 Å². The van der Waals surface area contributed by atoms with Gasteiger partial charge in [0.15, 0.2) is 0 Å². The van der Waals surface area contributed by atoms with E-state index in [-0.39, 0.29) is 0 Å². The van der Waals surface area contributed by atoms with Crippen LogP contribution in [0.4, 0.5) is 0 Å². The van der Waals surface area contributed by atoms with Gasteiger partial charge in [0.1, 0.15) is 5.76 Å². The number of rotatable bonds is 2. The number of hydrogen-bond donors (Lipinski definition) is 0. The monoisotopic (exact) mass is 157 g/mol. The Morgan fingerprint density at radius 2 is 2.50 bits per heavy atom. The topological polar surface area (TPSA) is 26.0 Å². The Balaban J connectivity index is 2.19. The van der Waals surface area contributed by atoms with Crippen molar-refractivity contribution in [3.05, 3.63) is 17.5 Å². The van der Waals surface area contributed by atoms with Crippen LogP contribution in [0.25, 0.3) is 0 Å². The summed E-state index contributed by atoms with van der Waals surface area (Å²) in [6.07, 6.45) is 2.49. The van der Waals surface area contributed by atoms with Crippen molar-refractivity contribution in [1.29, 1.82) is 0 Å². The maximum Gasteiger partial charge on any atom is 0.140 e. The highest BCUT2D eigenvalue weighted by Crippen LogP contribution is 2.40. The van der Waals surface area contributed by atoms with Crippen molar-refractivity contribution in [1.82, 2.24) is 5.16 Å². The Kier molecular flexibility index (Phi) is 1.42. The van der Waals surface area contributed by atoms with E-state index in [0.29, 0.717) is 11.8 Å². The molecule has 0 aliphatic heterocycles. The zero-order valence-electron chi connectivity index (χ0n) is 5.51. The van der Waals surface area contributed by atoms with Crippen LogP contribution >= 0.6 is 11.6 Å². The van der Waals surface area contributed by atoms with Gasteiger partial charge in [-0.25, -0.2) is 0 Å². The Hall–Kier alpha value is -0.500. The van der Waals surface area contributed by atoms with E-state index < -0.39 is 0 Å². The van der Waals surface area contributed by atoms with Crippen LogP contribution in [0.3, 0.4) is 0 Å². The average molecular weight is 158 g/mol. The molecule has 0 N–H and O–H groups in total. The second-order valence-electron chi connectivity index (χ2n) is 2.63. The summed E-state index contributed by atoms with van der Waals surface area (Å²) >= 11 is 5.54. The van der Waals surface area contributed by atoms with Crippen molar-refractivity contribution in [2.24, 2.45) is 0 Å². The second kappa shape index (κ2) is 2.27. The lowest BCUT2D eigenvalue weighted by Crippen LogP contribution is -1.71. The van der Waals surface area contributed by atoms with Gasteiger partial charge in [0.25, 0.3) is 0 Å². The molecule has 3 heteroatoms. The summed E-state index contributed by atoms with van der Waals surface area (Å²) in [5, 5.41) is 3.79. The molecule has 2 nitrogen and oxygen atoms in total. The van der Waals surface area contributed by atoms with Gasteiger partial charge in [0, 0.05) is 12.0 Å². The van der Waals surface area contributed by atoms with Crippen LogP contribution in [0.5, 0.6) is 0 Å². The Bertz CT molecular complexity index is 229. The highest BCUT2D eigenvalue weighted by Gasteiger charge is 2.27. The maximum atomic E-state index is 5.54. The first-order valence-corrected chi connectivity index (χ1v) is 3.95. The lowest BCUT2D eigenvalue weighted by atomic mass is 10.3. The van der Waals surface area contributed by atoms with Crippen LogP contribution in [0.15, 0.2) is 10.6 Å². The number of nitrogens with zero attached hydrogens (tertiary/aromatic N) is 1. The number of hydrogen-bond acceptors (Lipinski definition) is 2. The Morgan fingerprint density at radius 1 is 1.70 bits per heavy atom. The molecule has 0 aromatic carbocycles. The largest absolute Gasteiger partial charge is 0.361 e. The van der Waals surface area contributed by atoms with Gasteiger partial charge in [-0.2, -0.15) is 0 Å². The van der Waals surface area contributed by atoms with Gasteiger partial charge in [0.05, 0.1) is 11.6 Å². The summed E-state index contributed by atoms with van der Waals surface area (Å²) in [6, 6.07) is 1.95. The van der Waals surface area contributed by atoms with Gasteiger partial charge in [-0.1, -0.05) is 5.16 Å². The quantitative estimate of drug-likeness (QED) is 0.616. The summed E-state index contributed by atoms with van der Waals surface area (Å²) in [5.74, 6) is 2.11. The van der Waals surface area contributed by atoms with Crippen LogP contribution in [0.2, 0.25) is 0 Å². The van der Waals surface area contributed by atoms with Crippen molar-refractivity contribution in [3.63, 3.8) is 0 Å². The lowest BCUT2D eigenvalue weighted by molar-refractivity contribution is 0.380. The number of aromatic nitrogens is 1. The third-order valence-corrected chi connectivity index (χ3v) is 1.97. The predicted octanol–water partition coefficient (Wildman–Crippen LogP) is 2.29. The van der Waals surface area contributed by atoms with E-state index in [9.17, 15) is 0 Å². The molecule has 0 saturated heterocycles. The summed E-state index contributed by atoms with van der Waals surface area (Å²) in [4.78, 5) is 0. The first-order chi connectivity index (χ1) is 4.90. The molecule has 1 fully saturated rings. The van der Waals surface area contributed by atoms with Crippen molar-refractivity contribution < 1.29 is 4.52 Å². The van der Waals surface area contributed by atoms with Crippen LogP contribution < -0.4 is 0 Å². The molecular formula is C7H8ClNO. The molecule has 10 heavy (non-hydrogen) atoms. The molecule has 0 unspecified atom stereocenters. The van der Waals surface area contributed by atoms with E-state index in [1.807, 2.05) is 6.07 Å². The smallest absolute Gasteiger partial charge is 0.140 e. The van der Waals surface area contributed by atoms with Crippen LogP contribution in [0, 0.1) is 0 Å². The van der Waals surface area contributed by atoms with E-state index >= 15 is 0 Å². The van der Waals surface area contributed by atoms with Gasteiger partial charge in [-0.05, 0) is 12.8 Å². The molecule has 1 saturated carbocycles. The molecule has 0 spiro atoms. The second-order valence-corrected chi connectivity index (χ2v) is 2.90. The van der Waals surface area contributed by atoms with E-state index in [0.717, 1.165) is 11.5 Å². The summed E-state index contributed by atoms with van der Waals surface area (Å²) in [7, 11) is 0. The normalized spacial score (nSPS) is 17.7. The zero-order valence-corrected chi connectivity index (χ0v) is 6.27. The number of alkyl halides is 1. The minimum Gasteiger partial charge on any atom is -0.361 e. The molecule has 1 aliphatic carbocycles. The van der Waals surface area contributed by atoms with Crippen LogP contribution in [0.1, 0.15) is 30.2 Å². The molecule has 0 bridgehead atoms. The van der Waals surface area contributed by atoms with Crippen LogP contribution in [-0.2, 0) is 5.88 Å². The Morgan fingerprint density at radius 3 is 3.00 bits per heavy atom. The maximum absolute atomic E-state index is 5.54. The molecule has 1 aliphatic rings. The standard InChI is InChI=1S/C7H8ClNO/c8-4-6-3-7(10-9-6)5-1-2-5/h3,5H,1-2,4H2. The van der Waals surface area contributed by atoms with Crippen molar-refractivity contribution in [2.75, 3.05) is 0 Å². The Labute approximate surface area is 64.2 Å². The number of halogens is 1. The molecule has 0 radical (unpaired) electrons. The molecule has 1 aromatic rings. The van der Waals surface area contributed by atoms with Gasteiger partial charge in [-0.3, -0.25) is 0 Å². The van der Waals surface area contributed by atoms with E-state index in [2.05, 4.69) is 5.16 Å². The lowest BCUT2D eigenvalue weighted by Gasteiger charge is -1.80. The fourth-order valence-corrected chi connectivity index (χ4v) is 1.08. The fraction of sp³-hybridized carbons (Fsp3) is 0.571. The zero-order chi connectivity index (χ0) is 6.97. The SMILES string of the molecule is ClCc1cc(C2CC2)on1. The predicted molar refractivity (Wildman–Crippen MR) is 38.0 cm³/mol. The van der Waals surface area contributed by atoms with E-state index in [1.165, 1.54) is 12.8 Å². The summed E-state index contributed by atoms with van der Waals surface area (Å²) < 4.78 is 5.04. The third kappa shape index (κ3) is 1.03. The summed E-state index contributed by atoms with van der Waals surface area (Å²) in [5.41, 5.74) is 0.851. The molecule has 1 aromatic heterocycles. The molecule has 2 rings (SSSR count). The first-order valence-electron chi connectivity index (χ1n) is 3.41. The van der Waals surface area contributed by atoms with Crippen molar-refractivity contribution in [2.45, 2.75) is 24.6 Å². The summed E-state index contributed by atoms with van der Waals surface area (Å²) in [6.45, 7) is 0. The van der Waals surface area contributed by atoms with Gasteiger partial charge in [0.2, 0.25) is 0 Å². The van der Waals surface area contributed by atoms with E-state index in [1.54, 1.807) is 0 Å². The minimum absolute atomic E-state index is 0.455. The van der Waals surface area contributed by atoms with Gasteiger partial charge in [-0.15, -0.1) is 11.6 Å². The fourth-order valence-electron chi connectivity index (χ4n) is 0.951. The minimum atomic E-state index is 0.455. The average Bonchev–Trinajstić information content (AvgIpc) is 2.70. The molecule has 1 heterocycles. The highest BCUT2D eigenvalue weighted by molar-refractivity contribution is 6.16. The molecular weight excluding hydrogens is 150 g/mol. The molecule has 54 valence electrons. The van der Waals surface area contributed by atoms with Crippen molar-refractivity contribution >= 4 is 11.6 Å². The van der Waals surface area contributed by atoms with Gasteiger partial charge >= 0.3 is 0 Å². The molecule has 0 amide bonds. The third-order valence-electron chi connectivity index (χ3n) is 1.69. The first kappa shape index (κ1) is 6.23. The van der Waals surface area contributed by atoms with E-state index in [4.69, 9.17) is 16.1 Å². The highest BCUT2D eigenvalue weighted by atomic mass is 35.5. The van der Waals surface area contributed by atoms with Crippen LogP contribution in [-0.4, -0.2) is 5.16 Å². The molecule has 0 atom stereocenters.